The number of rotatable bonds is 2. The number of aromatic nitrogens is 1. The van der Waals surface area contributed by atoms with Crippen LogP contribution in [0.5, 0.6) is 0 Å². The van der Waals surface area contributed by atoms with Crippen LogP contribution in [-0.2, 0) is 0 Å². The maximum Gasteiger partial charge on any atom is 0.0520 e. The standard InChI is InChI=1S/C9H13N3/c1-2-8-12(7-1)11-9-3-5-10-6-4-9/h3-6H,1-2,7-8H2,(H,10,11). The van der Waals surface area contributed by atoms with Crippen molar-refractivity contribution in [1.29, 1.82) is 0 Å². The van der Waals surface area contributed by atoms with Gasteiger partial charge in [-0.15, -0.1) is 0 Å². The molecule has 1 fully saturated rings. The Hall–Kier alpha value is -1.09. The quantitative estimate of drug-likeness (QED) is 0.716. The van der Waals surface area contributed by atoms with E-state index in [0.29, 0.717) is 0 Å². The van der Waals surface area contributed by atoms with Gasteiger partial charge in [0.2, 0.25) is 0 Å². The molecule has 64 valence electrons. The first-order valence-electron chi connectivity index (χ1n) is 4.37. The molecule has 0 aliphatic carbocycles. The zero-order valence-corrected chi connectivity index (χ0v) is 7.03. The van der Waals surface area contributed by atoms with Gasteiger partial charge in [0.15, 0.2) is 0 Å². The number of nitrogens with zero attached hydrogens (tertiary/aromatic N) is 2. The maximum atomic E-state index is 3.96. The Balaban J connectivity index is 1.94. The van der Waals surface area contributed by atoms with Crippen molar-refractivity contribution in [3.05, 3.63) is 24.5 Å². The fourth-order valence-electron chi connectivity index (χ4n) is 1.44. The van der Waals surface area contributed by atoms with E-state index in [1.54, 1.807) is 12.4 Å². The predicted octanol–water partition coefficient (Wildman–Crippen LogP) is 1.50. The number of pyridine rings is 1. The molecule has 0 aromatic carbocycles. The van der Waals surface area contributed by atoms with Crippen LogP contribution in [0.25, 0.3) is 0 Å². The maximum absolute atomic E-state index is 3.96. The average Bonchev–Trinajstić information content (AvgIpc) is 2.59. The van der Waals surface area contributed by atoms with Crippen LogP contribution >= 0.6 is 0 Å². The molecule has 1 aliphatic rings. The van der Waals surface area contributed by atoms with Crippen molar-refractivity contribution in [3.63, 3.8) is 0 Å². The molecule has 2 heterocycles. The molecule has 1 saturated heterocycles. The minimum Gasteiger partial charge on any atom is -0.319 e. The van der Waals surface area contributed by atoms with Gasteiger partial charge in [0, 0.05) is 25.5 Å². The van der Waals surface area contributed by atoms with Crippen LogP contribution < -0.4 is 5.43 Å². The molecule has 0 saturated carbocycles. The van der Waals surface area contributed by atoms with Gasteiger partial charge in [0.25, 0.3) is 0 Å². The van der Waals surface area contributed by atoms with E-state index in [-0.39, 0.29) is 0 Å². The summed E-state index contributed by atoms with van der Waals surface area (Å²) in [6.45, 7) is 2.31. The fourth-order valence-corrected chi connectivity index (χ4v) is 1.44. The molecule has 0 bridgehead atoms. The van der Waals surface area contributed by atoms with Gasteiger partial charge in [-0.3, -0.25) is 4.98 Å². The van der Waals surface area contributed by atoms with E-state index < -0.39 is 0 Å². The second-order valence-electron chi connectivity index (χ2n) is 3.04. The molecular formula is C9H13N3. The Morgan fingerprint density at radius 2 is 1.83 bits per heavy atom. The molecule has 2 rings (SSSR count). The van der Waals surface area contributed by atoms with E-state index in [1.807, 2.05) is 12.1 Å². The van der Waals surface area contributed by atoms with Crippen LogP contribution in [0, 0.1) is 0 Å². The molecule has 0 spiro atoms. The molecule has 1 N–H and O–H groups in total. The topological polar surface area (TPSA) is 28.2 Å². The van der Waals surface area contributed by atoms with Crippen LogP contribution in [-0.4, -0.2) is 23.1 Å². The van der Waals surface area contributed by atoms with Gasteiger partial charge in [-0.25, -0.2) is 5.01 Å². The molecule has 1 aromatic heterocycles. The van der Waals surface area contributed by atoms with Gasteiger partial charge >= 0.3 is 0 Å². The number of hydrogen-bond donors (Lipinski definition) is 1. The van der Waals surface area contributed by atoms with Crippen molar-refractivity contribution in [2.24, 2.45) is 0 Å². The molecule has 0 unspecified atom stereocenters. The van der Waals surface area contributed by atoms with Gasteiger partial charge in [-0.1, -0.05) is 0 Å². The van der Waals surface area contributed by atoms with Gasteiger partial charge in [0.1, 0.15) is 0 Å². The van der Waals surface area contributed by atoms with Crippen molar-refractivity contribution in [3.8, 4) is 0 Å². The molecule has 3 nitrogen and oxygen atoms in total. The second kappa shape index (κ2) is 3.54. The number of anilines is 1. The van der Waals surface area contributed by atoms with Crippen LogP contribution in [0.1, 0.15) is 12.8 Å². The van der Waals surface area contributed by atoms with E-state index in [2.05, 4.69) is 15.4 Å². The normalized spacial score (nSPS) is 18.0. The molecule has 0 radical (unpaired) electrons. The van der Waals surface area contributed by atoms with Gasteiger partial charge in [-0.2, -0.15) is 0 Å². The Bertz CT molecular complexity index is 229. The second-order valence-corrected chi connectivity index (χ2v) is 3.04. The summed E-state index contributed by atoms with van der Waals surface area (Å²) in [6.07, 6.45) is 6.22. The highest BCUT2D eigenvalue weighted by Gasteiger charge is 2.10. The molecule has 12 heavy (non-hydrogen) atoms. The van der Waals surface area contributed by atoms with E-state index >= 15 is 0 Å². The van der Waals surface area contributed by atoms with Gasteiger partial charge in [0.05, 0.1) is 5.69 Å². The summed E-state index contributed by atoms with van der Waals surface area (Å²) in [7, 11) is 0. The number of hydrazine groups is 1. The highest BCUT2D eigenvalue weighted by Crippen LogP contribution is 2.10. The zero-order chi connectivity index (χ0) is 8.23. The van der Waals surface area contributed by atoms with Gasteiger partial charge < -0.3 is 5.43 Å². The minimum absolute atomic E-state index is 1.13. The molecule has 3 heteroatoms. The minimum atomic E-state index is 1.13. The van der Waals surface area contributed by atoms with E-state index in [9.17, 15) is 0 Å². The summed E-state index contributed by atoms with van der Waals surface area (Å²) in [5.41, 5.74) is 4.47. The lowest BCUT2D eigenvalue weighted by Gasteiger charge is -2.16. The van der Waals surface area contributed by atoms with Crippen LogP contribution in [0.4, 0.5) is 5.69 Å². The summed E-state index contributed by atoms with van der Waals surface area (Å²) in [5.74, 6) is 0. The predicted molar refractivity (Wildman–Crippen MR) is 48.7 cm³/mol. The molecular weight excluding hydrogens is 150 g/mol. The largest absolute Gasteiger partial charge is 0.319 e. The lowest BCUT2D eigenvalue weighted by Crippen LogP contribution is -2.25. The fraction of sp³-hybridized carbons (Fsp3) is 0.444. The smallest absolute Gasteiger partial charge is 0.0520 e. The number of nitrogens with one attached hydrogen (secondary N) is 1. The third-order valence-corrected chi connectivity index (χ3v) is 2.07. The number of hydrogen-bond acceptors (Lipinski definition) is 3. The third-order valence-electron chi connectivity index (χ3n) is 2.07. The molecule has 0 amide bonds. The molecule has 1 aromatic rings. The van der Waals surface area contributed by atoms with Crippen molar-refractivity contribution in [1.82, 2.24) is 9.99 Å². The first kappa shape index (κ1) is 7.55. The summed E-state index contributed by atoms with van der Waals surface area (Å²) < 4.78 is 0. The summed E-state index contributed by atoms with van der Waals surface area (Å²) in [4.78, 5) is 3.96. The summed E-state index contributed by atoms with van der Waals surface area (Å²) >= 11 is 0. The van der Waals surface area contributed by atoms with Crippen LogP contribution in [0.2, 0.25) is 0 Å². The zero-order valence-electron chi connectivity index (χ0n) is 7.03. The highest BCUT2D eigenvalue weighted by atomic mass is 15.5. The Labute approximate surface area is 72.4 Å². The lowest BCUT2D eigenvalue weighted by atomic mass is 10.4. The monoisotopic (exact) mass is 163 g/mol. The highest BCUT2D eigenvalue weighted by molar-refractivity contribution is 5.39. The Morgan fingerprint density at radius 1 is 1.17 bits per heavy atom. The van der Waals surface area contributed by atoms with E-state index in [0.717, 1.165) is 18.8 Å². The average molecular weight is 163 g/mol. The summed E-state index contributed by atoms with van der Waals surface area (Å²) in [6, 6.07) is 3.97. The van der Waals surface area contributed by atoms with Crippen molar-refractivity contribution in [2.45, 2.75) is 12.8 Å². The SMILES string of the molecule is c1cc(NN2CCCC2)ccn1. The van der Waals surface area contributed by atoms with E-state index in [1.165, 1.54) is 12.8 Å². The lowest BCUT2D eigenvalue weighted by molar-refractivity contribution is 0.410. The van der Waals surface area contributed by atoms with Crippen LogP contribution in [0.15, 0.2) is 24.5 Å². The van der Waals surface area contributed by atoms with Crippen molar-refractivity contribution in [2.75, 3.05) is 18.5 Å². The van der Waals surface area contributed by atoms with Crippen LogP contribution in [0.3, 0.4) is 0 Å². The Kier molecular flexibility index (Phi) is 2.23. The summed E-state index contributed by atoms with van der Waals surface area (Å²) in [5, 5.41) is 2.25. The first-order valence-corrected chi connectivity index (χ1v) is 4.37. The van der Waals surface area contributed by atoms with E-state index in [4.69, 9.17) is 0 Å². The van der Waals surface area contributed by atoms with Crippen molar-refractivity contribution >= 4 is 5.69 Å². The third kappa shape index (κ3) is 1.74. The first-order chi connectivity index (χ1) is 5.95. The van der Waals surface area contributed by atoms with Gasteiger partial charge in [-0.05, 0) is 25.0 Å². The van der Waals surface area contributed by atoms with Crippen molar-refractivity contribution < 1.29 is 0 Å². The Morgan fingerprint density at radius 3 is 2.50 bits per heavy atom. The molecule has 0 atom stereocenters. The molecule has 1 aliphatic heterocycles.